The number of ether oxygens (including phenoxy) is 6. The van der Waals surface area contributed by atoms with Crippen LogP contribution in [0.3, 0.4) is 0 Å². The first-order valence-corrected chi connectivity index (χ1v) is 16.2. The highest BCUT2D eigenvalue weighted by Crippen LogP contribution is 2.63. The number of rotatable bonds is 3. The second-order valence-corrected chi connectivity index (χ2v) is 13.5. The molecule has 2 N–H and O–H groups in total. The van der Waals surface area contributed by atoms with Gasteiger partial charge in [-0.25, -0.2) is 4.79 Å². The van der Waals surface area contributed by atoms with Crippen LogP contribution in [-0.4, -0.2) is 95.6 Å². The summed E-state index contributed by atoms with van der Waals surface area (Å²) in [5.41, 5.74) is 4.14. The molecule has 0 aliphatic carbocycles. The molecule has 0 saturated carbocycles. The van der Waals surface area contributed by atoms with Crippen molar-refractivity contribution in [3.05, 3.63) is 39.4 Å². The van der Waals surface area contributed by atoms with Crippen molar-refractivity contribution in [2.75, 3.05) is 33.3 Å². The molecule has 7 atom stereocenters. The lowest BCUT2D eigenvalue weighted by molar-refractivity contribution is -0.188. The number of esters is 3. The van der Waals surface area contributed by atoms with E-state index in [0.717, 1.165) is 11.1 Å². The molecule has 246 valence electrons. The number of phenolic OH excluding ortho intramolecular Hbond substituents is 1. The predicted octanol–water partition coefficient (Wildman–Crippen LogP) is 2.59. The van der Waals surface area contributed by atoms with Crippen molar-refractivity contribution in [2.24, 2.45) is 0 Å². The van der Waals surface area contributed by atoms with Gasteiger partial charge in [0.05, 0.1) is 30.5 Å². The van der Waals surface area contributed by atoms with Gasteiger partial charge in [0.15, 0.2) is 23.0 Å². The van der Waals surface area contributed by atoms with Crippen LogP contribution in [0.2, 0.25) is 0 Å². The van der Waals surface area contributed by atoms with E-state index in [1.807, 2.05) is 24.9 Å². The summed E-state index contributed by atoms with van der Waals surface area (Å²) in [5, 5.41) is 23.4. The first kappa shape index (κ1) is 30.9. The summed E-state index contributed by atoms with van der Waals surface area (Å²) in [7, 11) is 3.43. The third kappa shape index (κ3) is 4.44. The number of aromatic hydroxyl groups is 1. The van der Waals surface area contributed by atoms with E-state index in [9.17, 15) is 24.6 Å². The second-order valence-electron chi connectivity index (χ2n) is 12.3. The van der Waals surface area contributed by atoms with Crippen LogP contribution >= 0.6 is 11.8 Å². The van der Waals surface area contributed by atoms with E-state index >= 15 is 0 Å². The zero-order valence-electron chi connectivity index (χ0n) is 26.3. The average Bonchev–Trinajstić information content (AvgIpc) is 3.48. The Hall–Kier alpha value is -3.72. The Labute approximate surface area is 269 Å². The number of aryl methyl sites for hydroxylation is 1. The molecule has 2 fully saturated rings. The largest absolute Gasteiger partial charge is 0.504 e. The molecule has 2 aromatic rings. The molecule has 5 heterocycles. The van der Waals surface area contributed by atoms with Gasteiger partial charge >= 0.3 is 17.9 Å². The van der Waals surface area contributed by atoms with Crippen LogP contribution in [0.1, 0.15) is 64.6 Å². The molecule has 2 saturated heterocycles. The topological polar surface area (TPSA) is 154 Å². The lowest BCUT2D eigenvalue weighted by atomic mass is 9.73. The van der Waals surface area contributed by atoms with Gasteiger partial charge in [0.1, 0.15) is 18.6 Å². The van der Waals surface area contributed by atoms with Crippen molar-refractivity contribution in [1.82, 2.24) is 9.80 Å². The summed E-state index contributed by atoms with van der Waals surface area (Å²) >= 11 is 1.32. The number of hydrogen-bond acceptors (Lipinski definition) is 14. The van der Waals surface area contributed by atoms with Gasteiger partial charge in [0.2, 0.25) is 12.9 Å². The number of aliphatic hydroxyl groups is 1. The summed E-state index contributed by atoms with van der Waals surface area (Å²) in [6, 6.07) is -0.231. The number of benzene rings is 2. The number of thioether (sulfide) groups is 1. The fourth-order valence-corrected chi connectivity index (χ4v) is 9.52. The van der Waals surface area contributed by atoms with E-state index < -0.39 is 53.6 Å². The van der Waals surface area contributed by atoms with Crippen molar-refractivity contribution >= 4 is 29.7 Å². The Balaban J connectivity index is 1.52. The standard InChI is InChI=1S/C32H36N2O11S/c1-12-7-16-8-17-31(38)34-18-9-41-32(39)19(44-14(3)35)10-46-30(24(34)23(33(17)5)20(16)25(37)26(12)40-6)22-21(18)29-28(42-11-43-29)13(2)27(22)45-15(4)36/h7,17-19,23-24,30-31,37-38H,8-11H2,1-6H3/t17-,18+,19-,23+,24?,30+,31-/m0/s1. The van der Waals surface area contributed by atoms with Crippen LogP contribution < -0.4 is 18.9 Å². The van der Waals surface area contributed by atoms with Gasteiger partial charge in [-0.1, -0.05) is 6.07 Å². The number of nitrogens with zero attached hydrogens (tertiary/aromatic N) is 2. The maximum Gasteiger partial charge on any atom is 0.348 e. The van der Waals surface area contributed by atoms with Crippen molar-refractivity contribution in [3.63, 3.8) is 0 Å². The normalized spacial score (nSPS) is 29.6. The Morgan fingerprint density at radius 1 is 1.04 bits per heavy atom. The Morgan fingerprint density at radius 3 is 2.48 bits per heavy atom. The molecule has 0 radical (unpaired) electrons. The van der Waals surface area contributed by atoms with E-state index in [0.29, 0.717) is 51.7 Å². The number of hydrogen-bond donors (Lipinski definition) is 2. The van der Waals surface area contributed by atoms with E-state index in [1.54, 1.807) is 6.92 Å². The number of likely N-dealkylation sites (N-methyl/N-ethyl adjacent to an activating group) is 1. The third-order valence-corrected chi connectivity index (χ3v) is 11.1. The molecule has 46 heavy (non-hydrogen) atoms. The molecular weight excluding hydrogens is 620 g/mol. The van der Waals surface area contributed by atoms with Gasteiger partial charge in [-0.15, -0.1) is 11.8 Å². The Bertz CT molecular complexity index is 1660. The van der Waals surface area contributed by atoms with E-state index in [4.69, 9.17) is 28.4 Å². The highest BCUT2D eigenvalue weighted by Gasteiger charge is 2.60. The predicted molar refractivity (Wildman–Crippen MR) is 162 cm³/mol. The van der Waals surface area contributed by atoms with Crippen LogP contribution in [0.4, 0.5) is 0 Å². The number of fused-ring (bicyclic) bond motifs is 9. The zero-order valence-corrected chi connectivity index (χ0v) is 27.1. The van der Waals surface area contributed by atoms with E-state index in [2.05, 4.69) is 4.90 Å². The minimum absolute atomic E-state index is 0.0105. The van der Waals surface area contributed by atoms with Crippen molar-refractivity contribution in [1.29, 1.82) is 0 Å². The monoisotopic (exact) mass is 656 g/mol. The first-order chi connectivity index (χ1) is 21.9. The molecule has 13 nitrogen and oxygen atoms in total. The summed E-state index contributed by atoms with van der Waals surface area (Å²) in [4.78, 5) is 41.9. The zero-order chi connectivity index (χ0) is 32.8. The van der Waals surface area contributed by atoms with Gasteiger partial charge in [-0.3, -0.25) is 19.4 Å². The fraction of sp³-hybridized carbons (Fsp3) is 0.531. The number of carbonyl (C=O) groups excluding carboxylic acids is 3. The van der Waals surface area contributed by atoms with Crippen molar-refractivity contribution in [2.45, 2.75) is 75.9 Å². The summed E-state index contributed by atoms with van der Waals surface area (Å²) < 4.78 is 34.7. The quantitative estimate of drug-likeness (QED) is 0.368. The molecular formula is C32H36N2O11S. The molecule has 7 rings (SSSR count). The first-order valence-electron chi connectivity index (χ1n) is 15.1. The molecule has 5 aliphatic rings. The Morgan fingerprint density at radius 2 is 1.78 bits per heavy atom. The van der Waals surface area contributed by atoms with Crippen LogP contribution in [0.25, 0.3) is 0 Å². The number of carbonyl (C=O) groups is 3. The second kappa shape index (κ2) is 11.2. The molecule has 5 aliphatic heterocycles. The third-order valence-electron chi connectivity index (χ3n) is 9.76. The minimum Gasteiger partial charge on any atom is -0.504 e. The number of piperazine rings is 1. The molecule has 0 amide bonds. The van der Waals surface area contributed by atoms with Gasteiger partial charge in [-0.05, 0) is 38.4 Å². The fourth-order valence-electron chi connectivity index (χ4n) is 8.04. The van der Waals surface area contributed by atoms with Crippen LogP contribution in [-0.2, 0) is 30.3 Å². The van der Waals surface area contributed by atoms with E-state index in [1.165, 1.54) is 32.7 Å². The number of phenols is 1. The SMILES string of the molecule is COc1c(C)cc2c(c1O)[C@@H]1C3[C@@H]4SC[C@H](OC(C)=O)C(=O)OC[C@H](c5c6c(c(C)c(OC(C)=O)c54)OCO6)N3[C@@H](O)[C@H](C2)N1C. The van der Waals surface area contributed by atoms with Gasteiger partial charge in [-0.2, -0.15) is 0 Å². The summed E-state index contributed by atoms with van der Waals surface area (Å²) in [5.74, 6) is -0.332. The minimum atomic E-state index is -1.19. The van der Waals surface area contributed by atoms with Gasteiger partial charge in [0, 0.05) is 47.9 Å². The number of methoxy groups -OCH3 is 1. The molecule has 1 unspecified atom stereocenters. The molecule has 0 aromatic heterocycles. The van der Waals surface area contributed by atoms with E-state index in [-0.39, 0.29) is 30.9 Å². The van der Waals surface area contributed by atoms with Gasteiger partial charge < -0.3 is 38.6 Å². The molecule has 4 bridgehead atoms. The lowest BCUT2D eigenvalue weighted by Crippen LogP contribution is -2.69. The van der Waals surface area contributed by atoms with Crippen LogP contribution in [0.15, 0.2) is 6.07 Å². The lowest BCUT2D eigenvalue weighted by Gasteiger charge is -2.62. The summed E-state index contributed by atoms with van der Waals surface area (Å²) in [6.45, 7) is 5.91. The highest BCUT2D eigenvalue weighted by molar-refractivity contribution is 7.99. The highest BCUT2D eigenvalue weighted by atomic mass is 32.2. The van der Waals surface area contributed by atoms with Crippen LogP contribution in [0, 0.1) is 13.8 Å². The molecule has 2 aromatic carbocycles. The molecule has 0 spiro atoms. The van der Waals surface area contributed by atoms with Crippen molar-refractivity contribution < 1.29 is 53.0 Å². The summed E-state index contributed by atoms with van der Waals surface area (Å²) in [6.07, 6.45) is -1.79. The van der Waals surface area contributed by atoms with Crippen molar-refractivity contribution in [3.8, 4) is 28.7 Å². The van der Waals surface area contributed by atoms with Gasteiger partial charge in [0.25, 0.3) is 0 Å². The number of cyclic esters (lactones) is 1. The smallest absolute Gasteiger partial charge is 0.348 e. The maximum absolute atomic E-state index is 13.3. The average molecular weight is 657 g/mol. The van der Waals surface area contributed by atoms with Crippen LogP contribution in [0.5, 0.6) is 28.7 Å². The maximum atomic E-state index is 13.3. The number of aliphatic hydroxyl groups excluding tert-OH is 1. The molecule has 14 heteroatoms. The Kier molecular flexibility index (Phi) is 7.54.